The van der Waals surface area contributed by atoms with Gasteiger partial charge in [0, 0.05) is 36.0 Å². The fraction of sp³-hybridized carbons (Fsp3) is 0.190. The summed E-state index contributed by atoms with van der Waals surface area (Å²) in [6.07, 6.45) is 3.95. The van der Waals surface area contributed by atoms with Crippen molar-refractivity contribution in [2.45, 2.75) is 12.8 Å². The van der Waals surface area contributed by atoms with Crippen LogP contribution in [0.3, 0.4) is 0 Å². The fourth-order valence-electron chi connectivity index (χ4n) is 3.19. The SMILES string of the molecule is O=C(Nc1cccc(F)c1)c1ccc(-c2cc(N3CCCC3)ncn2)cc1. The number of amides is 1. The number of carbonyl (C=O) groups is 1. The number of carbonyl (C=O) groups excluding carboxylic acids is 1. The normalized spacial score (nSPS) is 13.6. The van der Waals surface area contributed by atoms with Crippen molar-refractivity contribution in [2.24, 2.45) is 0 Å². The van der Waals surface area contributed by atoms with Crippen molar-refractivity contribution in [1.82, 2.24) is 9.97 Å². The van der Waals surface area contributed by atoms with E-state index < -0.39 is 0 Å². The van der Waals surface area contributed by atoms with Gasteiger partial charge in [0.25, 0.3) is 5.91 Å². The van der Waals surface area contributed by atoms with Gasteiger partial charge < -0.3 is 10.2 Å². The van der Waals surface area contributed by atoms with Crippen LogP contribution in [0, 0.1) is 5.82 Å². The van der Waals surface area contributed by atoms with Crippen LogP contribution in [-0.2, 0) is 0 Å². The number of nitrogens with one attached hydrogen (secondary N) is 1. The van der Waals surface area contributed by atoms with E-state index in [9.17, 15) is 9.18 Å². The summed E-state index contributed by atoms with van der Waals surface area (Å²) < 4.78 is 13.2. The Labute approximate surface area is 156 Å². The molecule has 0 unspecified atom stereocenters. The van der Waals surface area contributed by atoms with Crippen molar-refractivity contribution < 1.29 is 9.18 Å². The summed E-state index contributed by atoms with van der Waals surface area (Å²) in [6, 6.07) is 15.0. The zero-order valence-electron chi connectivity index (χ0n) is 14.7. The third-order valence-electron chi connectivity index (χ3n) is 4.61. The predicted octanol–water partition coefficient (Wildman–Crippen LogP) is 4.14. The number of anilines is 2. The summed E-state index contributed by atoms with van der Waals surface area (Å²) in [5, 5.41) is 2.69. The number of benzene rings is 2. The lowest BCUT2D eigenvalue weighted by atomic mass is 10.1. The highest BCUT2D eigenvalue weighted by Crippen LogP contribution is 2.23. The first kappa shape index (κ1) is 17.1. The van der Waals surface area contributed by atoms with Gasteiger partial charge in [-0.05, 0) is 43.2 Å². The van der Waals surface area contributed by atoms with Crippen LogP contribution in [0.5, 0.6) is 0 Å². The summed E-state index contributed by atoms with van der Waals surface area (Å²) in [5.41, 5.74) is 2.66. The molecule has 5 nitrogen and oxygen atoms in total. The molecule has 3 aromatic rings. The second kappa shape index (κ2) is 7.53. The highest BCUT2D eigenvalue weighted by atomic mass is 19.1. The third-order valence-corrected chi connectivity index (χ3v) is 4.61. The molecule has 1 aromatic heterocycles. The van der Waals surface area contributed by atoms with Gasteiger partial charge in [-0.25, -0.2) is 14.4 Å². The van der Waals surface area contributed by atoms with E-state index in [4.69, 9.17) is 0 Å². The van der Waals surface area contributed by atoms with E-state index in [0.717, 1.165) is 30.2 Å². The van der Waals surface area contributed by atoms with E-state index >= 15 is 0 Å². The average molecular weight is 362 g/mol. The Bertz CT molecular complexity index is 952. The molecule has 1 saturated heterocycles. The van der Waals surface area contributed by atoms with Crippen LogP contribution in [0.15, 0.2) is 60.9 Å². The molecule has 1 aliphatic heterocycles. The topological polar surface area (TPSA) is 58.1 Å². The molecular formula is C21H19FN4O. The lowest BCUT2D eigenvalue weighted by Gasteiger charge is -2.16. The second-order valence-electron chi connectivity index (χ2n) is 6.50. The van der Waals surface area contributed by atoms with E-state index in [0.29, 0.717) is 11.3 Å². The molecule has 1 aliphatic rings. The van der Waals surface area contributed by atoms with Crippen molar-refractivity contribution in [3.8, 4) is 11.3 Å². The average Bonchev–Trinajstić information content (AvgIpc) is 3.23. The van der Waals surface area contributed by atoms with Crippen molar-refractivity contribution >= 4 is 17.4 Å². The summed E-state index contributed by atoms with van der Waals surface area (Å²) in [5.74, 6) is 0.263. The van der Waals surface area contributed by atoms with Crippen LogP contribution in [-0.4, -0.2) is 29.0 Å². The molecule has 1 N–H and O–H groups in total. The highest BCUT2D eigenvalue weighted by Gasteiger charge is 2.14. The van der Waals surface area contributed by atoms with Crippen LogP contribution >= 0.6 is 0 Å². The van der Waals surface area contributed by atoms with Crippen molar-refractivity contribution in [1.29, 1.82) is 0 Å². The molecule has 0 aliphatic carbocycles. The van der Waals surface area contributed by atoms with Gasteiger partial charge in [-0.2, -0.15) is 0 Å². The van der Waals surface area contributed by atoms with Crippen LogP contribution in [0.25, 0.3) is 11.3 Å². The molecule has 0 radical (unpaired) electrons. The van der Waals surface area contributed by atoms with Crippen LogP contribution in [0.4, 0.5) is 15.9 Å². The molecule has 6 heteroatoms. The summed E-state index contributed by atoms with van der Waals surface area (Å²) in [7, 11) is 0. The molecule has 0 atom stereocenters. The highest BCUT2D eigenvalue weighted by molar-refractivity contribution is 6.04. The summed E-state index contributed by atoms with van der Waals surface area (Å²) in [4.78, 5) is 23.3. The first-order valence-corrected chi connectivity index (χ1v) is 8.93. The maximum atomic E-state index is 13.2. The van der Waals surface area contributed by atoms with Gasteiger partial charge in [0.1, 0.15) is 18.0 Å². The van der Waals surface area contributed by atoms with Crippen LogP contribution < -0.4 is 10.2 Å². The minimum atomic E-state index is -0.388. The van der Waals surface area contributed by atoms with Crippen molar-refractivity contribution in [3.63, 3.8) is 0 Å². The first-order valence-electron chi connectivity index (χ1n) is 8.93. The van der Waals surface area contributed by atoms with E-state index in [1.54, 1.807) is 30.6 Å². The predicted molar refractivity (Wildman–Crippen MR) is 103 cm³/mol. The Kier molecular flexibility index (Phi) is 4.78. The fourth-order valence-corrected chi connectivity index (χ4v) is 3.19. The van der Waals surface area contributed by atoms with Gasteiger partial charge in [0.2, 0.25) is 0 Å². The number of hydrogen-bond donors (Lipinski definition) is 1. The summed E-state index contributed by atoms with van der Waals surface area (Å²) in [6.45, 7) is 2.05. The van der Waals surface area contributed by atoms with Gasteiger partial charge in [-0.3, -0.25) is 4.79 Å². The maximum absolute atomic E-state index is 13.2. The molecular weight excluding hydrogens is 343 g/mol. The molecule has 0 spiro atoms. The van der Waals surface area contributed by atoms with E-state index in [1.807, 2.05) is 18.2 Å². The number of halogens is 1. The van der Waals surface area contributed by atoms with Gasteiger partial charge >= 0.3 is 0 Å². The molecule has 2 aromatic carbocycles. The maximum Gasteiger partial charge on any atom is 0.255 e. The smallest absolute Gasteiger partial charge is 0.255 e. The van der Waals surface area contributed by atoms with E-state index in [2.05, 4.69) is 20.2 Å². The lowest BCUT2D eigenvalue weighted by molar-refractivity contribution is 0.102. The van der Waals surface area contributed by atoms with Crippen molar-refractivity contribution in [3.05, 3.63) is 72.3 Å². The number of aromatic nitrogens is 2. The van der Waals surface area contributed by atoms with Gasteiger partial charge in [0.15, 0.2) is 0 Å². The molecule has 4 rings (SSSR count). The minimum Gasteiger partial charge on any atom is -0.357 e. The molecule has 27 heavy (non-hydrogen) atoms. The largest absolute Gasteiger partial charge is 0.357 e. The minimum absolute atomic E-state index is 0.285. The van der Waals surface area contributed by atoms with Gasteiger partial charge in [-0.1, -0.05) is 18.2 Å². The quantitative estimate of drug-likeness (QED) is 0.758. The molecule has 0 saturated carbocycles. The number of hydrogen-bond acceptors (Lipinski definition) is 4. The Morgan fingerprint density at radius 3 is 2.52 bits per heavy atom. The second-order valence-corrected chi connectivity index (χ2v) is 6.50. The van der Waals surface area contributed by atoms with E-state index in [1.165, 1.54) is 25.0 Å². The van der Waals surface area contributed by atoms with Crippen LogP contribution in [0.1, 0.15) is 23.2 Å². The van der Waals surface area contributed by atoms with Crippen LogP contribution in [0.2, 0.25) is 0 Å². The Hall–Kier alpha value is -3.28. The Balaban J connectivity index is 1.50. The molecule has 2 heterocycles. The molecule has 0 bridgehead atoms. The first-order chi connectivity index (χ1) is 13.2. The number of rotatable bonds is 4. The zero-order chi connectivity index (χ0) is 18.6. The summed E-state index contributed by atoms with van der Waals surface area (Å²) >= 11 is 0. The van der Waals surface area contributed by atoms with Crippen molar-refractivity contribution in [2.75, 3.05) is 23.3 Å². The molecule has 1 fully saturated rings. The Morgan fingerprint density at radius 2 is 1.78 bits per heavy atom. The molecule has 1 amide bonds. The molecule has 136 valence electrons. The lowest BCUT2D eigenvalue weighted by Crippen LogP contribution is -2.19. The van der Waals surface area contributed by atoms with Gasteiger partial charge in [-0.15, -0.1) is 0 Å². The number of nitrogens with zero attached hydrogens (tertiary/aromatic N) is 3. The Morgan fingerprint density at radius 1 is 1.00 bits per heavy atom. The van der Waals surface area contributed by atoms with E-state index in [-0.39, 0.29) is 11.7 Å². The van der Waals surface area contributed by atoms with Gasteiger partial charge in [0.05, 0.1) is 5.69 Å². The third kappa shape index (κ3) is 3.95. The standard InChI is InChI=1S/C21H19FN4O/c22-17-4-3-5-18(12-17)25-21(27)16-8-6-15(7-9-16)19-13-20(24-14-23-19)26-10-1-2-11-26/h3-9,12-14H,1-2,10-11H2,(H,25,27). The monoisotopic (exact) mass is 362 g/mol. The zero-order valence-corrected chi connectivity index (χ0v) is 14.7.